The Morgan fingerprint density at radius 2 is 0.755 bits per heavy atom. The van der Waals surface area contributed by atoms with E-state index in [-0.39, 0.29) is 12.1 Å². The van der Waals surface area contributed by atoms with Crippen molar-refractivity contribution in [3.8, 4) is 83.6 Å². The molecule has 0 radical (unpaired) electrons. The number of benzene rings is 16. The van der Waals surface area contributed by atoms with Gasteiger partial charge in [-0.05, 0) is 154 Å². The second-order valence-corrected chi connectivity index (χ2v) is 30.1. The summed E-state index contributed by atoms with van der Waals surface area (Å²) >= 11 is 0. The lowest BCUT2D eigenvalue weighted by Crippen LogP contribution is -2.61. The Labute approximate surface area is 616 Å². The van der Waals surface area contributed by atoms with E-state index in [1.165, 1.54) is 77.2 Å². The molecule has 4 aliphatic rings. The molecule has 106 heavy (non-hydrogen) atoms. The van der Waals surface area contributed by atoms with E-state index >= 15 is 0 Å². The third kappa shape index (κ3) is 8.60. The van der Waals surface area contributed by atoms with Crippen LogP contribution in [0.5, 0.6) is 0 Å². The van der Waals surface area contributed by atoms with Crippen molar-refractivity contribution < 1.29 is 4.42 Å². The first-order chi connectivity index (χ1) is 52.3. The molecule has 5 heteroatoms. The fourth-order valence-electron chi connectivity index (χ4n) is 19.0. The third-order valence-electron chi connectivity index (χ3n) is 23.5. The van der Waals surface area contributed by atoms with Gasteiger partial charge in [-0.3, -0.25) is 0 Å². The lowest BCUT2D eigenvalue weighted by atomic mass is 9.33. The molecule has 0 bridgehead atoms. The second-order valence-electron chi connectivity index (χ2n) is 30.1. The molecule has 0 saturated carbocycles. The van der Waals surface area contributed by atoms with Crippen LogP contribution in [0.3, 0.4) is 0 Å². The molecule has 1 spiro atoms. The molecular formula is C101H68BN3O. The van der Waals surface area contributed by atoms with E-state index in [4.69, 9.17) is 4.42 Å². The smallest absolute Gasteiger partial charge is 0.252 e. The van der Waals surface area contributed by atoms with Crippen molar-refractivity contribution in [2.45, 2.75) is 31.6 Å². The molecule has 0 fully saturated rings. The van der Waals surface area contributed by atoms with E-state index in [9.17, 15) is 0 Å². The largest absolute Gasteiger partial charge is 0.455 e. The molecule has 16 aromatic carbocycles. The first-order valence-electron chi connectivity index (χ1n) is 37.1. The maximum Gasteiger partial charge on any atom is 0.252 e. The van der Waals surface area contributed by atoms with Crippen molar-refractivity contribution in [2.75, 3.05) is 9.80 Å². The lowest BCUT2D eigenvalue weighted by Gasteiger charge is -2.46. The third-order valence-corrected chi connectivity index (χ3v) is 23.5. The topological polar surface area (TPSA) is 24.6 Å². The van der Waals surface area contributed by atoms with Crippen LogP contribution < -0.4 is 26.2 Å². The monoisotopic (exact) mass is 1350 g/mol. The zero-order valence-corrected chi connectivity index (χ0v) is 58.9. The number of para-hydroxylation sites is 5. The van der Waals surface area contributed by atoms with Crippen LogP contribution in [0.25, 0.3) is 127 Å². The number of hydrogen-bond acceptors (Lipinski definition) is 3. The van der Waals surface area contributed by atoms with Crippen LogP contribution in [0.1, 0.15) is 48.6 Å². The van der Waals surface area contributed by atoms with Crippen LogP contribution in [0.4, 0.5) is 34.1 Å². The molecule has 0 amide bonds. The summed E-state index contributed by atoms with van der Waals surface area (Å²) in [4.78, 5) is 5.37. The Hall–Kier alpha value is -13.2. The number of rotatable bonds is 8. The number of anilines is 6. The van der Waals surface area contributed by atoms with Crippen LogP contribution in [0.15, 0.2) is 362 Å². The summed E-state index contributed by atoms with van der Waals surface area (Å²) in [5.41, 5.74) is 37.6. The Bertz CT molecular complexity index is 6540. The van der Waals surface area contributed by atoms with E-state index in [1.807, 2.05) is 0 Å². The minimum absolute atomic E-state index is 0.282. The van der Waals surface area contributed by atoms with E-state index in [0.717, 1.165) is 128 Å². The predicted octanol–water partition coefficient (Wildman–Crippen LogP) is 24.7. The van der Waals surface area contributed by atoms with Gasteiger partial charge < -0.3 is 18.8 Å². The highest BCUT2D eigenvalue weighted by Crippen LogP contribution is 2.64. The molecule has 0 unspecified atom stereocenters. The van der Waals surface area contributed by atoms with Gasteiger partial charge in [0.15, 0.2) is 0 Å². The van der Waals surface area contributed by atoms with Crippen LogP contribution >= 0.6 is 0 Å². The average Bonchev–Trinajstić information content (AvgIpc) is 1.25. The molecule has 496 valence electrons. The molecule has 4 nitrogen and oxygen atoms in total. The van der Waals surface area contributed by atoms with Crippen LogP contribution in [0, 0.1) is 0 Å². The second kappa shape index (κ2) is 22.9. The standard InChI is InChI=1S/C101H68BN3O/c1-100(2,3)68-58-93-96-94(59-68)105(98-72(65-33-12-6-13-34-65)44-27-45-73(98)66-35-14-7-15-36-66)92-60-69(103-89-51-24-19-40-78(89)82-61-81-77-39-18-23-50-85(77)101(86(81)62-91(82)103)83-48-21-16-37-75(83)76-38-17-22-49-84(76)101)54-55-87(92)102(96)88-57-67(74-46-28-47-80-79-41-20-25-52-95(79)106-99(74)80)53-56-90(88)104(93)97-70(63-29-8-4-9-30-63)42-26-43-71(97)64-31-10-5-11-32-64/h4-62H,1-3H3. The molecule has 2 aliphatic carbocycles. The zero-order chi connectivity index (χ0) is 70.1. The number of hydrogen-bond donors (Lipinski definition) is 0. The van der Waals surface area contributed by atoms with Gasteiger partial charge >= 0.3 is 0 Å². The molecule has 0 N–H and O–H groups in total. The molecule has 4 heterocycles. The van der Waals surface area contributed by atoms with Gasteiger partial charge in [0.25, 0.3) is 6.71 Å². The molecule has 18 aromatic rings. The summed E-state index contributed by atoms with van der Waals surface area (Å²) in [5.74, 6) is 0. The van der Waals surface area contributed by atoms with Gasteiger partial charge in [-0.2, -0.15) is 0 Å². The number of nitrogens with zero attached hydrogens (tertiary/aromatic N) is 3. The molecule has 2 aromatic heterocycles. The van der Waals surface area contributed by atoms with Crippen molar-refractivity contribution in [3.05, 3.63) is 386 Å². The number of aromatic nitrogens is 1. The Morgan fingerprint density at radius 3 is 1.32 bits per heavy atom. The summed E-state index contributed by atoms with van der Waals surface area (Å²) in [5, 5.41) is 4.64. The van der Waals surface area contributed by atoms with Crippen LogP contribution in [0.2, 0.25) is 0 Å². The lowest BCUT2D eigenvalue weighted by molar-refractivity contribution is 0.590. The van der Waals surface area contributed by atoms with Crippen molar-refractivity contribution in [1.29, 1.82) is 0 Å². The SMILES string of the molecule is CC(C)(C)c1cc2c3c(c1)N(c1c(-c4ccccc4)cccc1-c1ccccc1)c1cc(-n4c5ccccc5c5cc6c(cc54)C4(c5ccccc5-c5ccccc54)c4ccccc4-6)ccc1B3c1cc(-c3cccc4c3oc3ccccc34)ccc1N2c1c(-c2ccccc2)cccc1-c1ccccc1. The van der Waals surface area contributed by atoms with Gasteiger partial charge in [-0.15, -0.1) is 0 Å². The maximum absolute atomic E-state index is 6.99. The first kappa shape index (κ1) is 60.4. The van der Waals surface area contributed by atoms with Crippen molar-refractivity contribution >= 4 is 101 Å². The first-order valence-corrected chi connectivity index (χ1v) is 37.1. The van der Waals surface area contributed by atoms with E-state index in [1.54, 1.807) is 0 Å². The summed E-state index contributed by atoms with van der Waals surface area (Å²) in [6.45, 7) is 6.87. The van der Waals surface area contributed by atoms with Crippen molar-refractivity contribution in [1.82, 2.24) is 4.57 Å². The summed E-state index contributed by atoms with van der Waals surface area (Å²) < 4.78 is 9.58. The van der Waals surface area contributed by atoms with Crippen molar-refractivity contribution in [3.63, 3.8) is 0 Å². The molecule has 22 rings (SSSR count). The minimum Gasteiger partial charge on any atom is -0.455 e. The van der Waals surface area contributed by atoms with Gasteiger partial charge in [-0.1, -0.05) is 324 Å². The fourth-order valence-corrected chi connectivity index (χ4v) is 19.0. The van der Waals surface area contributed by atoms with E-state index in [2.05, 4.69) is 393 Å². The van der Waals surface area contributed by atoms with Crippen molar-refractivity contribution in [2.24, 2.45) is 0 Å². The normalized spacial score (nSPS) is 13.4. The summed E-state index contributed by atoms with van der Waals surface area (Å²) in [6.07, 6.45) is 0. The van der Waals surface area contributed by atoms with Gasteiger partial charge in [0.1, 0.15) is 11.2 Å². The minimum atomic E-state index is -0.539. The molecule has 0 atom stereocenters. The van der Waals surface area contributed by atoms with Crippen LogP contribution in [-0.2, 0) is 10.8 Å². The van der Waals surface area contributed by atoms with Gasteiger partial charge in [0.2, 0.25) is 0 Å². The summed E-state index contributed by atoms with van der Waals surface area (Å²) in [7, 11) is 0. The molecule has 2 aliphatic heterocycles. The number of fused-ring (bicyclic) bond motifs is 20. The van der Waals surface area contributed by atoms with Gasteiger partial charge in [-0.25, -0.2) is 0 Å². The highest BCUT2D eigenvalue weighted by molar-refractivity contribution is 7.00. The van der Waals surface area contributed by atoms with Gasteiger partial charge in [0, 0.05) is 77.8 Å². The predicted molar refractivity (Wildman–Crippen MR) is 444 cm³/mol. The quantitative estimate of drug-likeness (QED) is 0.142. The van der Waals surface area contributed by atoms with E-state index in [0.29, 0.717) is 0 Å². The Balaban J connectivity index is 0.883. The highest BCUT2D eigenvalue weighted by Gasteiger charge is 2.52. The highest BCUT2D eigenvalue weighted by atomic mass is 16.3. The Morgan fingerprint density at radius 1 is 0.292 bits per heavy atom. The average molecular weight is 1350 g/mol. The van der Waals surface area contributed by atoms with E-state index < -0.39 is 5.41 Å². The maximum atomic E-state index is 6.99. The van der Waals surface area contributed by atoms with Gasteiger partial charge in [0.05, 0.1) is 27.8 Å². The number of furan rings is 1. The van der Waals surface area contributed by atoms with Crippen LogP contribution in [-0.4, -0.2) is 11.3 Å². The fraction of sp³-hybridized carbons (Fsp3) is 0.0495. The Kier molecular flexibility index (Phi) is 13.0. The zero-order valence-electron chi connectivity index (χ0n) is 58.9. The molecule has 0 saturated heterocycles. The summed E-state index contributed by atoms with van der Waals surface area (Å²) in [6, 6.07) is 135. The molecular weight excluding hydrogens is 1280 g/mol.